The number of nitrogens with one attached hydrogen (secondary N) is 1. The fourth-order valence-corrected chi connectivity index (χ4v) is 1.73. The molecular formula is C11H14N2O3. The van der Waals surface area contributed by atoms with E-state index in [0.29, 0.717) is 5.58 Å². The minimum atomic E-state index is -0.356. The minimum Gasteiger partial charge on any atom is -0.408 e. The highest BCUT2D eigenvalue weighted by Gasteiger charge is 2.11. The molecule has 2 aromatic rings. The zero-order valence-corrected chi connectivity index (χ0v) is 9.48. The number of oxazole rings is 1. The molecule has 86 valence electrons. The molecule has 0 amide bonds. The number of nitrogens with zero attached hydrogens (tertiary/aromatic N) is 1. The van der Waals surface area contributed by atoms with Gasteiger partial charge in [0.25, 0.3) is 0 Å². The third kappa shape index (κ3) is 1.64. The van der Waals surface area contributed by atoms with Crippen molar-refractivity contribution in [2.75, 3.05) is 14.2 Å². The molecule has 1 unspecified atom stereocenters. The Morgan fingerprint density at radius 2 is 2.25 bits per heavy atom. The van der Waals surface area contributed by atoms with Crippen molar-refractivity contribution in [3.8, 4) is 0 Å². The molecule has 0 aliphatic carbocycles. The molecule has 0 saturated carbocycles. The van der Waals surface area contributed by atoms with Crippen LogP contribution in [0.3, 0.4) is 0 Å². The lowest BCUT2D eigenvalue weighted by Gasteiger charge is -2.14. The minimum absolute atomic E-state index is 0.186. The summed E-state index contributed by atoms with van der Waals surface area (Å²) in [6.07, 6.45) is -0.186. The fourth-order valence-electron chi connectivity index (χ4n) is 1.73. The summed E-state index contributed by atoms with van der Waals surface area (Å²) < 4.78 is 11.8. The smallest absolute Gasteiger partial charge is 0.408 e. The number of aryl methyl sites for hydroxylation is 1. The molecule has 1 atom stereocenters. The first-order chi connectivity index (χ1) is 7.67. The molecule has 1 aromatic heterocycles. The number of hydrogen-bond acceptors (Lipinski definition) is 4. The van der Waals surface area contributed by atoms with Crippen LogP contribution in [0.5, 0.6) is 0 Å². The summed E-state index contributed by atoms with van der Waals surface area (Å²) in [6, 6.07) is 5.52. The van der Waals surface area contributed by atoms with Crippen LogP contribution in [0.2, 0.25) is 0 Å². The molecule has 5 heteroatoms. The highest BCUT2D eigenvalue weighted by atomic mass is 16.5. The molecule has 0 bridgehead atoms. The fraction of sp³-hybridized carbons (Fsp3) is 0.364. The van der Waals surface area contributed by atoms with Crippen molar-refractivity contribution in [1.29, 1.82) is 0 Å². The first-order valence-corrected chi connectivity index (χ1v) is 4.97. The summed E-state index contributed by atoms with van der Waals surface area (Å²) in [4.78, 5) is 11.3. The zero-order chi connectivity index (χ0) is 11.7. The number of ether oxygens (including phenoxy) is 1. The lowest BCUT2D eigenvalue weighted by Crippen LogP contribution is -2.18. The zero-order valence-electron chi connectivity index (χ0n) is 9.48. The maximum Gasteiger partial charge on any atom is 0.419 e. The summed E-state index contributed by atoms with van der Waals surface area (Å²) in [6.45, 7) is 0. The van der Waals surface area contributed by atoms with Crippen molar-refractivity contribution in [2.45, 2.75) is 6.23 Å². The van der Waals surface area contributed by atoms with Gasteiger partial charge in [0.15, 0.2) is 5.58 Å². The Hall–Kier alpha value is -1.59. The normalized spacial score (nSPS) is 13.2. The van der Waals surface area contributed by atoms with Crippen molar-refractivity contribution in [1.82, 2.24) is 9.88 Å². The van der Waals surface area contributed by atoms with Crippen LogP contribution >= 0.6 is 0 Å². The second kappa shape index (κ2) is 4.11. The Labute approximate surface area is 92.6 Å². The predicted octanol–water partition coefficient (Wildman–Crippen LogP) is 0.996. The van der Waals surface area contributed by atoms with Gasteiger partial charge in [-0.15, -0.1) is 0 Å². The molecule has 0 fully saturated rings. The van der Waals surface area contributed by atoms with Gasteiger partial charge in [0.2, 0.25) is 0 Å². The average molecular weight is 222 g/mol. The second-order valence-electron chi connectivity index (χ2n) is 3.56. The average Bonchev–Trinajstić information content (AvgIpc) is 2.57. The van der Waals surface area contributed by atoms with Gasteiger partial charge in [-0.25, -0.2) is 4.79 Å². The maximum absolute atomic E-state index is 11.3. The molecule has 2 rings (SSSR count). The van der Waals surface area contributed by atoms with E-state index >= 15 is 0 Å². The van der Waals surface area contributed by atoms with E-state index in [1.54, 1.807) is 20.2 Å². The highest BCUT2D eigenvalue weighted by Crippen LogP contribution is 2.19. The molecular weight excluding hydrogens is 208 g/mol. The SMILES string of the molecule is CNC(OC)c1ccc2oc(=O)n(C)c2c1. The van der Waals surface area contributed by atoms with E-state index in [1.165, 1.54) is 4.57 Å². The quantitative estimate of drug-likeness (QED) is 0.787. The summed E-state index contributed by atoms with van der Waals surface area (Å²) in [5.74, 6) is -0.356. The first-order valence-electron chi connectivity index (χ1n) is 4.97. The Morgan fingerprint density at radius 1 is 1.50 bits per heavy atom. The maximum atomic E-state index is 11.3. The molecule has 1 heterocycles. The van der Waals surface area contributed by atoms with E-state index in [1.807, 2.05) is 19.2 Å². The van der Waals surface area contributed by atoms with Crippen LogP contribution in [0.25, 0.3) is 11.1 Å². The van der Waals surface area contributed by atoms with Gasteiger partial charge in [-0.05, 0) is 24.7 Å². The van der Waals surface area contributed by atoms with Gasteiger partial charge in [-0.3, -0.25) is 9.88 Å². The molecule has 0 spiro atoms. The van der Waals surface area contributed by atoms with E-state index in [4.69, 9.17) is 9.15 Å². The topological polar surface area (TPSA) is 56.4 Å². The van der Waals surface area contributed by atoms with Crippen LogP contribution in [-0.2, 0) is 11.8 Å². The van der Waals surface area contributed by atoms with Crippen LogP contribution in [0.15, 0.2) is 27.4 Å². The second-order valence-corrected chi connectivity index (χ2v) is 3.56. The molecule has 0 saturated heterocycles. The van der Waals surface area contributed by atoms with Crippen molar-refractivity contribution >= 4 is 11.1 Å². The molecule has 1 N–H and O–H groups in total. The van der Waals surface area contributed by atoms with Gasteiger partial charge in [-0.2, -0.15) is 0 Å². The predicted molar refractivity (Wildman–Crippen MR) is 60.3 cm³/mol. The lowest BCUT2D eigenvalue weighted by molar-refractivity contribution is 0.0810. The standard InChI is InChI=1S/C11H14N2O3/c1-12-10(15-3)7-4-5-9-8(6-7)13(2)11(14)16-9/h4-6,10,12H,1-3H3. The molecule has 16 heavy (non-hydrogen) atoms. The van der Waals surface area contributed by atoms with E-state index in [2.05, 4.69) is 5.32 Å². The number of hydrogen-bond donors (Lipinski definition) is 1. The summed E-state index contributed by atoms with van der Waals surface area (Å²) >= 11 is 0. The highest BCUT2D eigenvalue weighted by molar-refractivity contribution is 5.73. The van der Waals surface area contributed by atoms with Crippen LogP contribution in [-0.4, -0.2) is 18.7 Å². The molecule has 0 aliphatic heterocycles. The van der Waals surface area contributed by atoms with Crippen LogP contribution < -0.4 is 11.1 Å². The van der Waals surface area contributed by atoms with E-state index in [0.717, 1.165) is 11.1 Å². The van der Waals surface area contributed by atoms with Crippen molar-refractivity contribution in [3.63, 3.8) is 0 Å². The Kier molecular flexibility index (Phi) is 2.80. The summed E-state index contributed by atoms with van der Waals surface area (Å²) in [7, 11) is 5.12. The lowest BCUT2D eigenvalue weighted by atomic mass is 10.2. The molecule has 5 nitrogen and oxygen atoms in total. The van der Waals surface area contributed by atoms with E-state index in [-0.39, 0.29) is 12.0 Å². The third-order valence-corrected chi connectivity index (χ3v) is 2.62. The number of aromatic nitrogens is 1. The van der Waals surface area contributed by atoms with E-state index in [9.17, 15) is 4.79 Å². The Bertz CT molecular complexity index is 552. The number of rotatable bonds is 3. The van der Waals surface area contributed by atoms with Crippen LogP contribution in [0.1, 0.15) is 11.8 Å². The van der Waals surface area contributed by atoms with Gasteiger partial charge in [0.05, 0.1) is 5.52 Å². The van der Waals surface area contributed by atoms with Gasteiger partial charge in [0, 0.05) is 14.2 Å². The van der Waals surface area contributed by atoms with Crippen molar-refractivity contribution in [2.24, 2.45) is 7.05 Å². The summed E-state index contributed by atoms with van der Waals surface area (Å²) in [5.41, 5.74) is 2.30. The van der Waals surface area contributed by atoms with Crippen LogP contribution in [0.4, 0.5) is 0 Å². The Morgan fingerprint density at radius 3 is 2.88 bits per heavy atom. The number of benzene rings is 1. The molecule has 0 aliphatic rings. The van der Waals surface area contributed by atoms with Gasteiger partial charge in [0.1, 0.15) is 6.23 Å². The Balaban J connectivity index is 2.58. The largest absolute Gasteiger partial charge is 0.419 e. The van der Waals surface area contributed by atoms with Gasteiger partial charge < -0.3 is 9.15 Å². The number of fused-ring (bicyclic) bond motifs is 1. The van der Waals surface area contributed by atoms with Crippen molar-refractivity contribution in [3.05, 3.63) is 34.3 Å². The van der Waals surface area contributed by atoms with Crippen molar-refractivity contribution < 1.29 is 9.15 Å². The molecule has 0 radical (unpaired) electrons. The third-order valence-electron chi connectivity index (χ3n) is 2.62. The number of methoxy groups -OCH3 is 1. The monoisotopic (exact) mass is 222 g/mol. The van der Waals surface area contributed by atoms with Crippen LogP contribution in [0, 0.1) is 0 Å². The van der Waals surface area contributed by atoms with Gasteiger partial charge in [-0.1, -0.05) is 6.07 Å². The summed E-state index contributed by atoms with van der Waals surface area (Å²) in [5, 5.41) is 3.02. The van der Waals surface area contributed by atoms with Gasteiger partial charge >= 0.3 is 5.76 Å². The van der Waals surface area contributed by atoms with E-state index < -0.39 is 0 Å². The molecule has 1 aromatic carbocycles. The first kappa shape index (κ1) is 10.9.